The van der Waals surface area contributed by atoms with Crippen molar-refractivity contribution >= 4 is 0 Å². The number of para-hydroxylation sites is 1. The molecule has 0 atom stereocenters. The Balaban J connectivity index is 1.90. The molecule has 21 heavy (non-hydrogen) atoms. The van der Waals surface area contributed by atoms with Crippen LogP contribution in [0.4, 0.5) is 0 Å². The summed E-state index contributed by atoms with van der Waals surface area (Å²) in [5.74, 6) is 0. The van der Waals surface area contributed by atoms with Crippen LogP contribution < -0.4 is 5.32 Å². The van der Waals surface area contributed by atoms with Gasteiger partial charge in [-0.1, -0.05) is 54.6 Å². The molecular formula is C17H18N4. The first-order valence-corrected chi connectivity index (χ1v) is 7.14. The Bertz CT molecular complexity index is 686. The lowest BCUT2D eigenvalue weighted by Crippen LogP contribution is -2.11. The summed E-state index contributed by atoms with van der Waals surface area (Å²) >= 11 is 0. The van der Waals surface area contributed by atoms with E-state index in [1.54, 1.807) is 6.20 Å². The van der Waals surface area contributed by atoms with Crippen molar-refractivity contribution in [3.05, 3.63) is 66.4 Å². The van der Waals surface area contributed by atoms with Gasteiger partial charge in [-0.3, -0.25) is 0 Å². The monoisotopic (exact) mass is 278 g/mol. The second-order valence-corrected chi connectivity index (χ2v) is 4.84. The summed E-state index contributed by atoms with van der Waals surface area (Å²) in [5, 5.41) is 11.6. The highest BCUT2D eigenvalue weighted by Crippen LogP contribution is 2.21. The van der Waals surface area contributed by atoms with Crippen LogP contribution in [0.2, 0.25) is 0 Å². The quantitative estimate of drug-likeness (QED) is 0.780. The molecule has 0 saturated carbocycles. The molecule has 4 nitrogen and oxygen atoms in total. The van der Waals surface area contributed by atoms with Crippen molar-refractivity contribution in [2.24, 2.45) is 0 Å². The van der Waals surface area contributed by atoms with E-state index in [4.69, 9.17) is 0 Å². The molecule has 1 N–H and O–H groups in total. The molecule has 0 amide bonds. The van der Waals surface area contributed by atoms with Crippen LogP contribution in [-0.4, -0.2) is 21.5 Å². The summed E-state index contributed by atoms with van der Waals surface area (Å²) in [5.41, 5.74) is 4.40. The van der Waals surface area contributed by atoms with E-state index in [0.717, 1.165) is 30.0 Å². The van der Waals surface area contributed by atoms with Gasteiger partial charge < -0.3 is 5.32 Å². The van der Waals surface area contributed by atoms with Crippen molar-refractivity contribution in [1.29, 1.82) is 0 Å². The Kier molecular flexibility index (Phi) is 4.07. The molecule has 1 aromatic heterocycles. The minimum atomic E-state index is 0.896. The maximum atomic E-state index is 4.19. The second kappa shape index (κ2) is 6.33. The van der Waals surface area contributed by atoms with Gasteiger partial charge in [0, 0.05) is 12.1 Å². The maximum absolute atomic E-state index is 4.19. The number of nitrogens with one attached hydrogen (secondary N) is 1. The average Bonchev–Trinajstić information content (AvgIpc) is 3.04. The van der Waals surface area contributed by atoms with Gasteiger partial charge >= 0.3 is 0 Å². The van der Waals surface area contributed by atoms with Crippen molar-refractivity contribution in [2.45, 2.75) is 13.5 Å². The van der Waals surface area contributed by atoms with Crippen LogP contribution in [0.25, 0.3) is 16.9 Å². The first-order valence-electron chi connectivity index (χ1n) is 7.14. The van der Waals surface area contributed by atoms with Gasteiger partial charge in [0.1, 0.15) is 0 Å². The summed E-state index contributed by atoms with van der Waals surface area (Å²) < 4.78 is 1.86. The van der Waals surface area contributed by atoms with Crippen LogP contribution in [0.5, 0.6) is 0 Å². The normalized spacial score (nSPS) is 10.7. The predicted molar refractivity (Wildman–Crippen MR) is 84.2 cm³/mol. The Labute approximate surface area is 124 Å². The van der Waals surface area contributed by atoms with Gasteiger partial charge in [-0.05, 0) is 24.2 Å². The number of hydrogen-bond acceptors (Lipinski definition) is 3. The van der Waals surface area contributed by atoms with Crippen LogP contribution in [0, 0.1) is 0 Å². The van der Waals surface area contributed by atoms with Gasteiger partial charge in [0.15, 0.2) is 0 Å². The number of hydrogen-bond donors (Lipinski definition) is 1. The topological polar surface area (TPSA) is 42.7 Å². The predicted octanol–water partition coefficient (Wildman–Crippen LogP) is 3.04. The van der Waals surface area contributed by atoms with E-state index in [9.17, 15) is 0 Å². The maximum Gasteiger partial charge on any atom is 0.0944 e. The molecule has 106 valence electrons. The first kappa shape index (κ1) is 13.5. The van der Waals surface area contributed by atoms with E-state index in [1.807, 2.05) is 35.0 Å². The third-order valence-corrected chi connectivity index (χ3v) is 3.38. The zero-order valence-electron chi connectivity index (χ0n) is 12.0. The SMILES string of the molecule is CCNCc1ccc(-c2cnnn2-c2ccccc2)cc1. The summed E-state index contributed by atoms with van der Waals surface area (Å²) in [6, 6.07) is 18.6. The van der Waals surface area contributed by atoms with Gasteiger partial charge in [-0.2, -0.15) is 0 Å². The molecule has 1 heterocycles. The van der Waals surface area contributed by atoms with Crippen LogP contribution in [-0.2, 0) is 6.54 Å². The van der Waals surface area contributed by atoms with E-state index in [1.165, 1.54) is 5.56 Å². The third kappa shape index (κ3) is 3.01. The Morgan fingerprint density at radius 3 is 2.48 bits per heavy atom. The lowest BCUT2D eigenvalue weighted by molar-refractivity contribution is 0.727. The third-order valence-electron chi connectivity index (χ3n) is 3.38. The van der Waals surface area contributed by atoms with Crippen LogP contribution >= 0.6 is 0 Å². The van der Waals surface area contributed by atoms with Crippen molar-refractivity contribution in [3.8, 4) is 16.9 Å². The highest BCUT2D eigenvalue weighted by atomic mass is 15.4. The molecule has 4 heteroatoms. The van der Waals surface area contributed by atoms with Crippen molar-refractivity contribution in [2.75, 3.05) is 6.54 Å². The molecule has 0 unspecified atom stereocenters. The summed E-state index contributed by atoms with van der Waals surface area (Å²) in [4.78, 5) is 0. The van der Waals surface area contributed by atoms with Crippen LogP contribution in [0.3, 0.4) is 0 Å². The van der Waals surface area contributed by atoms with Gasteiger partial charge in [0.2, 0.25) is 0 Å². The minimum Gasteiger partial charge on any atom is -0.313 e. The number of rotatable bonds is 5. The molecule has 0 saturated heterocycles. The van der Waals surface area contributed by atoms with E-state index < -0.39 is 0 Å². The van der Waals surface area contributed by atoms with E-state index >= 15 is 0 Å². The largest absolute Gasteiger partial charge is 0.313 e. The minimum absolute atomic E-state index is 0.896. The Morgan fingerprint density at radius 1 is 1.00 bits per heavy atom. The fraction of sp³-hybridized carbons (Fsp3) is 0.176. The fourth-order valence-electron chi connectivity index (χ4n) is 2.25. The van der Waals surface area contributed by atoms with Crippen molar-refractivity contribution in [3.63, 3.8) is 0 Å². The smallest absolute Gasteiger partial charge is 0.0944 e. The molecule has 0 spiro atoms. The first-order chi connectivity index (χ1) is 10.4. The number of benzene rings is 2. The molecule has 0 radical (unpaired) electrons. The molecule has 0 aliphatic rings. The molecule has 3 aromatic rings. The number of nitrogens with zero attached hydrogens (tertiary/aromatic N) is 3. The summed E-state index contributed by atoms with van der Waals surface area (Å²) in [6.45, 7) is 3.98. The van der Waals surface area contributed by atoms with Crippen LogP contribution in [0.15, 0.2) is 60.8 Å². The van der Waals surface area contributed by atoms with Crippen molar-refractivity contribution in [1.82, 2.24) is 20.3 Å². The Morgan fingerprint density at radius 2 is 1.76 bits per heavy atom. The summed E-state index contributed by atoms with van der Waals surface area (Å²) in [7, 11) is 0. The fourth-order valence-corrected chi connectivity index (χ4v) is 2.25. The molecule has 0 aliphatic carbocycles. The molecular weight excluding hydrogens is 260 g/mol. The van der Waals surface area contributed by atoms with Gasteiger partial charge in [-0.25, -0.2) is 4.68 Å². The molecule has 0 aliphatic heterocycles. The molecule has 3 rings (SSSR count). The van der Waals surface area contributed by atoms with E-state index in [2.05, 4.69) is 46.8 Å². The van der Waals surface area contributed by atoms with Gasteiger partial charge in [0.05, 0.1) is 17.6 Å². The highest BCUT2D eigenvalue weighted by Gasteiger charge is 2.08. The van der Waals surface area contributed by atoms with E-state index in [0.29, 0.717) is 0 Å². The molecule has 2 aromatic carbocycles. The standard InChI is InChI=1S/C17H18N4/c1-2-18-12-14-8-10-15(11-9-14)17-13-19-20-21(17)16-6-4-3-5-7-16/h3-11,13,18H,2,12H2,1H3. The molecule has 0 bridgehead atoms. The zero-order valence-corrected chi connectivity index (χ0v) is 12.0. The molecule has 0 fully saturated rings. The van der Waals surface area contributed by atoms with E-state index in [-0.39, 0.29) is 0 Å². The van der Waals surface area contributed by atoms with Gasteiger partial charge in [-0.15, -0.1) is 5.10 Å². The van der Waals surface area contributed by atoms with Crippen molar-refractivity contribution < 1.29 is 0 Å². The Hall–Kier alpha value is -2.46. The lowest BCUT2D eigenvalue weighted by atomic mass is 10.1. The zero-order chi connectivity index (χ0) is 14.5. The second-order valence-electron chi connectivity index (χ2n) is 4.84. The summed E-state index contributed by atoms with van der Waals surface area (Å²) in [6.07, 6.45) is 1.80. The highest BCUT2D eigenvalue weighted by molar-refractivity contribution is 5.61. The average molecular weight is 278 g/mol. The lowest BCUT2D eigenvalue weighted by Gasteiger charge is -2.07. The number of aromatic nitrogens is 3. The van der Waals surface area contributed by atoms with Crippen LogP contribution in [0.1, 0.15) is 12.5 Å². The van der Waals surface area contributed by atoms with Gasteiger partial charge in [0.25, 0.3) is 0 Å².